The molecule has 0 saturated heterocycles. The minimum absolute atomic E-state index is 0.171. The highest BCUT2D eigenvalue weighted by atomic mass is 16.4. The molecule has 0 aliphatic heterocycles. The number of amides is 1. The van der Waals surface area contributed by atoms with Crippen LogP contribution in [-0.4, -0.2) is 40.5 Å². The standard InChI is InChI=1S/C12H16N2O3/c1-8-5-4-6-13-10(8)11(15)14(3)7-9(2)12(16)17/h4-6,9H,7H2,1-3H3,(H,16,17). The fourth-order valence-corrected chi connectivity index (χ4v) is 1.46. The Kier molecular flexibility index (Phi) is 4.20. The number of carboxylic acid groups (broad SMARTS) is 1. The Labute approximate surface area is 100 Å². The van der Waals surface area contributed by atoms with Gasteiger partial charge >= 0.3 is 5.97 Å². The van der Waals surface area contributed by atoms with Crippen LogP contribution in [-0.2, 0) is 4.79 Å². The molecule has 1 rings (SSSR count). The summed E-state index contributed by atoms with van der Waals surface area (Å²) in [6.07, 6.45) is 1.55. The van der Waals surface area contributed by atoms with Gasteiger partial charge < -0.3 is 10.0 Å². The van der Waals surface area contributed by atoms with Crippen molar-refractivity contribution in [3.63, 3.8) is 0 Å². The summed E-state index contributed by atoms with van der Waals surface area (Å²) in [4.78, 5) is 28.1. The number of carbonyl (C=O) groups is 2. The van der Waals surface area contributed by atoms with E-state index in [4.69, 9.17) is 5.11 Å². The smallest absolute Gasteiger partial charge is 0.308 e. The van der Waals surface area contributed by atoms with Crippen molar-refractivity contribution in [2.45, 2.75) is 13.8 Å². The molecule has 0 spiro atoms. The summed E-state index contributed by atoms with van der Waals surface area (Å²) in [6.45, 7) is 3.54. The van der Waals surface area contributed by atoms with Crippen LogP contribution in [0.2, 0.25) is 0 Å². The second kappa shape index (κ2) is 5.43. The molecule has 92 valence electrons. The van der Waals surface area contributed by atoms with Crippen molar-refractivity contribution in [1.82, 2.24) is 9.88 Å². The Hall–Kier alpha value is -1.91. The summed E-state index contributed by atoms with van der Waals surface area (Å²) in [7, 11) is 1.58. The number of carboxylic acids is 1. The topological polar surface area (TPSA) is 70.5 Å². The molecule has 1 atom stereocenters. The maximum absolute atomic E-state index is 12.0. The molecule has 1 N–H and O–H groups in total. The van der Waals surface area contributed by atoms with Gasteiger partial charge in [0, 0.05) is 19.8 Å². The summed E-state index contributed by atoms with van der Waals surface area (Å²) in [5.74, 6) is -1.76. The van der Waals surface area contributed by atoms with Gasteiger partial charge in [-0.3, -0.25) is 14.6 Å². The third-order valence-corrected chi connectivity index (χ3v) is 2.53. The summed E-state index contributed by atoms with van der Waals surface area (Å²) in [5.41, 5.74) is 1.15. The van der Waals surface area contributed by atoms with Gasteiger partial charge in [0.15, 0.2) is 0 Å². The first-order valence-corrected chi connectivity index (χ1v) is 5.33. The van der Waals surface area contributed by atoms with Crippen molar-refractivity contribution in [2.75, 3.05) is 13.6 Å². The summed E-state index contributed by atoms with van der Waals surface area (Å²) < 4.78 is 0. The molecule has 0 aromatic carbocycles. The van der Waals surface area contributed by atoms with Crippen molar-refractivity contribution in [3.8, 4) is 0 Å². The number of hydrogen-bond donors (Lipinski definition) is 1. The van der Waals surface area contributed by atoms with Crippen LogP contribution in [0.1, 0.15) is 23.0 Å². The quantitative estimate of drug-likeness (QED) is 0.852. The fraction of sp³-hybridized carbons (Fsp3) is 0.417. The van der Waals surface area contributed by atoms with Crippen molar-refractivity contribution < 1.29 is 14.7 Å². The zero-order valence-corrected chi connectivity index (χ0v) is 10.2. The molecule has 17 heavy (non-hydrogen) atoms. The SMILES string of the molecule is Cc1cccnc1C(=O)N(C)CC(C)C(=O)O. The van der Waals surface area contributed by atoms with E-state index in [-0.39, 0.29) is 12.5 Å². The zero-order chi connectivity index (χ0) is 13.0. The molecule has 1 unspecified atom stereocenters. The van der Waals surface area contributed by atoms with E-state index in [9.17, 15) is 9.59 Å². The molecule has 0 radical (unpaired) electrons. The van der Waals surface area contributed by atoms with Gasteiger partial charge in [0.1, 0.15) is 5.69 Å². The van der Waals surface area contributed by atoms with E-state index < -0.39 is 11.9 Å². The normalized spacial score (nSPS) is 11.9. The van der Waals surface area contributed by atoms with Gasteiger partial charge in [-0.15, -0.1) is 0 Å². The van der Waals surface area contributed by atoms with Crippen LogP contribution in [0.5, 0.6) is 0 Å². The van der Waals surface area contributed by atoms with Gasteiger partial charge in [0.25, 0.3) is 5.91 Å². The Morgan fingerprint density at radius 2 is 2.18 bits per heavy atom. The van der Waals surface area contributed by atoms with Crippen LogP contribution < -0.4 is 0 Å². The summed E-state index contributed by atoms with van der Waals surface area (Å²) in [5, 5.41) is 8.78. The number of pyridine rings is 1. The molecule has 0 fully saturated rings. The van der Waals surface area contributed by atoms with Gasteiger partial charge in [-0.25, -0.2) is 0 Å². The molecule has 5 heteroatoms. The fourth-order valence-electron chi connectivity index (χ4n) is 1.46. The van der Waals surface area contributed by atoms with Gasteiger partial charge in [-0.2, -0.15) is 0 Å². The predicted molar refractivity (Wildman–Crippen MR) is 62.7 cm³/mol. The third-order valence-electron chi connectivity index (χ3n) is 2.53. The molecule has 0 aliphatic carbocycles. The zero-order valence-electron chi connectivity index (χ0n) is 10.2. The van der Waals surface area contributed by atoms with Gasteiger partial charge in [-0.1, -0.05) is 13.0 Å². The first kappa shape index (κ1) is 13.2. The largest absolute Gasteiger partial charge is 0.481 e. The van der Waals surface area contributed by atoms with E-state index >= 15 is 0 Å². The van der Waals surface area contributed by atoms with Crippen molar-refractivity contribution >= 4 is 11.9 Å². The van der Waals surface area contributed by atoms with Crippen LogP contribution in [0.4, 0.5) is 0 Å². The maximum atomic E-state index is 12.0. The number of aliphatic carboxylic acids is 1. The highest BCUT2D eigenvalue weighted by molar-refractivity contribution is 5.93. The summed E-state index contributed by atoms with van der Waals surface area (Å²) in [6, 6.07) is 3.56. The van der Waals surface area contributed by atoms with Crippen molar-refractivity contribution in [1.29, 1.82) is 0 Å². The number of rotatable bonds is 4. The monoisotopic (exact) mass is 236 g/mol. The predicted octanol–water partition coefficient (Wildman–Crippen LogP) is 1.18. The molecule has 5 nitrogen and oxygen atoms in total. The van der Waals surface area contributed by atoms with Crippen molar-refractivity contribution in [2.24, 2.45) is 5.92 Å². The average Bonchev–Trinajstić information content (AvgIpc) is 2.28. The minimum atomic E-state index is -0.914. The number of carbonyl (C=O) groups excluding carboxylic acids is 1. The van der Waals surface area contributed by atoms with Crippen LogP contribution in [0.25, 0.3) is 0 Å². The number of nitrogens with zero attached hydrogens (tertiary/aromatic N) is 2. The van der Waals surface area contributed by atoms with Gasteiger partial charge in [0.2, 0.25) is 0 Å². The second-order valence-corrected chi connectivity index (χ2v) is 4.09. The van der Waals surface area contributed by atoms with Gasteiger partial charge in [-0.05, 0) is 18.6 Å². The third kappa shape index (κ3) is 3.27. The van der Waals surface area contributed by atoms with Crippen LogP contribution in [0, 0.1) is 12.8 Å². The Morgan fingerprint density at radius 1 is 1.53 bits per heavy atom. The lowest BCUT2D eigenvalue weighted by Gasteiger charge is -2.19. The molecule has 0 bridgehead atoms. The van der Waals surface area contributed by atoms with Gasteiger partial charge in [0.05, 0.1) is 5.92 Å². The van der Waals surface area contributed by atoms with Crippen molar-refractivity contribution in [3.05, 3.63) is 29.6 Å². The molecule has 1 aromatic rings. The van der Waals surface area contributed by atoms with E-state index in [1.807, 2.05) is 0 Å². The van der Waals surface area contributed by atoms with E-state index in [2.05, 4.69) is 4.98 Å². The first-order chi connectivity index (χ1) is 7.93. The molecular weight excluding hydrogens is 220 g/mol. The summed E-state index contributed by atoms with van der Waals surface area (Å²) >= 11 is 0. The number of aryl methyl sites for hydroxylation is 1. The Bertz CT molecular complexity index is 432. The lowest BCUT2D eigenvalue weighted by Crippen LogP contribution is -2.34. The minimum Gasteiger partial charge on any atom is -0.481 e. The number of hydrogen-bond acceptors (Lipinski definition) is 3. The van der Waals surface area contributed by atoms with E-state index in [1.165, 1.54) is 4.90 Å². The van der Waals surface area contributed by atoms with E-state index in [1.54, 1.807) is 39.2 Å². The molecule has 0 aliphatic rings. The van der Waals surface area contributed by atoms with E-state index in [0.717, 1.165) is 5.56 Å². The highest BCUT2D eigenvalue weighted by Gasteiger charge is 2.20. The maximum Gasteiger partial charge on any atom is 0.308 e. The first-order valence-electron chi connectivity index (χ1n) is 5.33. The van der Waals surface area contributed by atoms with Crippen LogP contribution in [0.3, 0.4) is 0 Å². The van der Waals surface area contributed by atoms with Crippen LogP contribution >= 0.6 is 0 Å². The van der Waals surface area contributed by atoms with E-state index in [0.29, 0.717) is 5.69 Å². The number of aromatic nitrogens is 1. The molecule has 1 heterocycles. The average molecular weight is 236 g/mol. The molecular formula is C12H16N2O3. The molecule has 1 amide bonds. The molecule has 1 aromatic heterocycles. The lowest BCUT2D eigenvalue weighted by atomic mass is 10.1. The lowest BCUT2D eigenvalue weighted by molar-refractivity contribution is -0.141. The Balaban J connectivity index is 2.77. The highest BCUT2D eigenvalue weighted by Crippen LogP contribution is 2.08. The second-order valence-electron chi connectivity index (χ2n) is 4.09. The Morgan fingerprint density at radius 3 is 2.71 bits per heavy atom. The van der Waals surface area contributed by atoms with Crippen LogP contribution in [0.15, 0.2) is 18.3 Å². The molecule has 0 saturated carbocycles.